The highest BCUT2D eigenvalue weighted by molar-refractivity contribution is 7.09. The second kappa shape index (κ2) is 13.1. The molecule has 1 aliphatic heterocycles. The molecule has 0 aliphatic carbocycles. The first-order valence-electron chi connectivity index (χ1n) is 12.3. The highest BCUT2D eigenvalue weighted by Crippen LogP contribution is 2.45. The van der Waals surface area contributed by atoms with E-state index in [0.717, 1.165) is 42.3 Å². The molecule has 8 nitrogen and oxygen atoms in total. The van der Waals surface area contributed by atoms with Crippen LogP contribution in [0.3, 0.4) is 0 Å². The maximum absolute atomic E-state index is 13.0. The van der Waals surface area contributed by atoms with E-state index in [-0.39, 0.29) is 5.91 Å². The summed E-state index contributed by atoms with van der Waals surface area (Å²) in [6.45, 7) is 7.84. The highest BCUT2D eigenvalue weighted by atomic mass is 32.1. The summed E-state index contributed by atoms with van der Waals surface area (Å²) in [6, 6.07) is 21.0. The van der Waals surface area contributed by atoms with E-state index in [1.807, 2.05) is 42.2 Å². The summed E-state index contributed by atoms with van der Waals surface area (Å²) in [6.07, 6.45) is 2.84. The van der Waals surface area contributed by atoms with E-state index in [9.17, 15) is 14.4 Å². The van der Waals surface area contributed by atoms with Crippen molar-refractivity contribution in [3.05, 3.63) is 94.5 Å². The van der Waals surface area contributed by atoms with Gasteiger partial charge < -0.3 is 10.2 Å². The van der Waals surface area contributed by atoms with E-state index >= 15 is 0 Å². The number of para-hydroxylation sites is 1. The van der Waals surface area contributed by atoms with Crippen LogP contribution in [-0.4, -0.2) is 50.5 Å². The number of hydrogen-bond donors (Lipinski definition) is 2. The smallest absolute Gasteiger partial charge is 0.328 e. The van der Waals surface area contributed by atoms with Gasteiger partial charge in [0.2, 0.25) is 5.91 Å². The molecule has 2 N–H and O–H groups in total. The minimum absolute atomic E-state index is 0.0674. The molecule has 38 heavy (non-hydrogen) atoms. The number of aryl methyl sites for hydroxylation is 1. The van der Waals surface area contributed by atoms with E-state index < -0.39 is 17.5 Å². The molecule has 1 aromatic heterocycles. The molecule has 4 rings (SSSR count). The molecule has 200 valence electrons. The number of amides is 1. The predicted octanol–water partition coefficient (Wildman–Crippen LogP) is 5.10. The molecule has 2 aromatic carbocycles. The van der Waals surface area contributed by atoms with Gasteiger partial charge in [-0.3, -0.25) is 14.6 Å². The Bertz CT molecular complexity index is 1250. The molecular weight excluding hydrogens is 502 g/mol. The number of rotatable bonds is 7. The molecule has 1 amide bonds. The number of anilines is 1. The first-order valence-corrected chi connectivity index (χ1v) is 13.2. The third kappa shape index (κ3) is 7.36. The number of aliphatic carboxylic acids is 2. The van der Waals surface area contributed by atoms with Crippen molar-refractivity contribution < 1.29 is 24.6 Å². The molecule has 0 radical (unpaired) electrons. The van der Waals surface area contributed by atoms with E-state index in [1.165, 1.54) is 5.56 Å². The number of benzene rings is 2. The molecule has 0 bridgehead atoms. The normalized spacial score (nSPS) is 19.4. The van der Waals surface area contributed by atoms with Gasteiger partial charge in [-0.05, 0) is 44.4 Å². The van der Waals surface area contributed by atoms with E-state index in [0.29, 0.717) is 18.2 Å². The number of aromatic nitrogens is 1. The second-order valence-electron chi connectivity index (χ2n) is 9.28. The Morgan fingerprint density at radius 3 is 2.11 bits per heavy atom. The van der Waals surface area contributed by atoms with Gasteiger partial charge >= 0.3 is 11.9 Å². The first kappa shape index (κ1) is 28.7. The van der Waals surface area contributed by atoms with Crippen molar-refractivity contribution in [1.29, 1.82) is 0 Å². The SMILES string of the molecule is CC(=O)N(c1ccccc1)C1(c2nc(C)cs2)CCN(Cc2ccccc2)C(C)C1.O=C(O)/C=C/C(=O)O. The van der Waals surface area contributed by atoms with Gasteiger partial charge in [-0.1, -0.05) is 48.5 Å². The highest BCUT2D eigenvalue weighted by Gasteiger charge is 2.48. The third-order valence-electron chi connectivity index (χ3n) is 6.44. The minimum atomic E-state index is -1.26. The van der Waals surface area contributed by atoms with Crippen LogP contribution < -0.4 is 4.90 Å². The summed E-state index contributed by atoms with van der Waals surface area (Å²) in [7, 11) is 0. The van der Waals surface area contributed by atoms with Gasteiger partial charge in [-0.15, -0.1) is 11.3 Å². The molecule has 2 heterocycles. The summed E-state index contributed by atoms with van der Waals surface area (Å²) in [5, 5.41) is 18.8. The zero-order valence-corrected chi connectivity index (χ0v) is 22.6. The second-order valence-corrected chi connectivity index (χ2v) is 10.1. The number of carbonyl (C=O) groups excluding carboxylic acids is 1. The monoisotopic (exact) mass is 535 g/mol. The third-order valence-corrected chi connectivity index (χ3v) is 7.59. The van der Waals surface area contributed by atoms with Crippen molar-refractivity contribution in [2.24, 2.45) is 0 Å². The van der Waals surface area contributed by atoms with Gasteiger partial charge in [-0.2, -0.15) is 0 Å². The summed E-state index contributed by atoms with van der Waals surface area (Å²) >= 11 is 1.68. The number of likely N-dealkylation sites (tertiary alicyclic amines) is 1. The van der Waals surface area contributed by atoms with Crippen molar-refractivity contribution in [3.8, 4) is 0 Å². The van der Waals surface area contributed by atoms with Crippen LogP contribution in [-0.2, 0) is 26.5 Å². The predicted molar refractivity (Wildman–Crippen MR) is 148 cm³/mol. The van der Waals surface area contributed by atoms with E-state index in [2.05, 4.69) is 47.5 Å². The average molecular weight is 536 g/mol. The quantitative estimate of drug-likeness (QED) is 0.405. The lowest BCUT2D eigenvalue weighted by Gasteiger charge is -2.50. The van der Waals surface area contributed by atoms with Crippen molar-refractivity contribution in [2.45, 2.75) is 51.7 Å². The Hall–Kier alpha value is -3.82. The van der Waals surface area contributed by atoms with E-state index in [1.54, 1.807) is 18.3 Å². The van der Waals surface area contributed by atoms with Crippen LogP contribution in [0, 0.1) is 6.92 Å². The Balaban J connectivity index is 0.000000436. The van der Waals surface area contributed by atoms with Gasteiger partial charge in [0.25, 0.3) is 0 Å². The van der Waals surface area contributed by atoms with Gasteiger partial charge in [0.1, 0.15) is 10.5 Å². The topological polar surface area (TPSA) is 111 Å². The number of nitrogens with zero attached hydrogens (tertiary/aromatic N) is 3. The molecule has 1 aliphatic rings. The molecule has 9 heteroatoms. The Morgan fingerprint density at radius 1 is 1.05 bits per heavy atom. The molecule has 0 spiro atoms. The molecular formula is C29H33N3O5S. The summed E-state index contributed by atoms with van der Waals surface area (Å²) in [5.41, 5.74) is 2.87. The molecule has 2 unspecified atom stereocenters. The Kier molecular flexibility index (Phi) is 9.92. The largest absolute Gasteiger partial charge is 0.478 e. The van der Waals surface area contributed by atoms with Crippen LogP contribution in [0.5, 0.6) is 0 Å². The summed E-state index contributed by atoms with van der Waals surface area (Å²) in [4.78, 5) is 41.5. The molecule has 2 atom stereocenters. The maximum Gasteiger partial charge on any atom is 0.328 e. The van der Waals surface area contributed by atoms with Crippen LogP contribution in [0.15, 0.2) is 78.2 Å². The standard InChI is InChI=1S/C25H29N3OS.C4H4O4/c1-19-18-30-24(26-19)25(28(21(3)29)23-12-8-5-9-13-23)14-15-27(20(2)16-25)17-22-10-6-4-7-11-22;5-3(6)1-2-4(7)8/h4-13,18,20H,14-17H2,1-3H3;1-2H,(H,5,6)(H,7,8)/b;2-1+. The van der Waals surface area contributed by atoms with Gasteiger partial charge in [-0.25, -0.2) is 14.6 Å². The average Bonchev–Trinajstić information content (AvgIpc) is 3.33. The summed E-state index contributed by atoms with van der Waals surface area (Å²) < 4.78 is 0. The number of carboxylic acid groups (broad SMARTS) is 2. The minimum Gasteiger partial charge on any atom is -0.478 e. The maximum atomic E-state index is 13.0. The first-order chi connectivity index (χ1) is 18.1. The molecule has 0 saturated carbocycles. The van der Waals surface area contributed by atoms with E-state index in [4.69, 9.17) is 15.2 Å². The summed E-state index contributed by atoms with van der Waals surface area (Å²) in [5.74, 6) is -2.45. The van der Waals surface area contributed by atoms with Crippen LogP contribution in [0.4, 0.5) is 5.69 Å². The van der Waals surface area contributed by atoms with Crippen LogP contribution in [0.1, 0.15) is 43.0 Å². The van der Waals surface area contributed by atoms with Crippen LogP contribution in [0.2, 0.25) is 0 Å². The fraction of sp³-hybridized carbons (Fsp3) is 0.310. The Morgan fingerprint density at radius 2 is 1.63 bits per heavy atom. The fourth-order valence-corrected chi connectivity index (χ4v) is 5.86. The van der Waals surface area contributed by atoms with Crippen molar-refractivity contribution >= 4 is 34.9 Å². The number of carbonyl (C=O) groups is 3. The molecule has 1 fully saturated rings. The lowest BCUT2D eigenvalue weighted by molar-refractivity contribution is -0.134. The zero-order chi connectivity index (χ0) is 27.7. The lowest BCUT2D eigenvalue weighted by atomic mass is 9.81. The van der Waals surface area contributed by atoms with Gasteiger partial charge in [0, 0.05) is 55.0 Å². The van der Waals surface area contributed by atoms with Crippen molar-refractivity contribution in [2.75, 3.05) is 11.4 Å². The number of thiazole rings is 1. The molecule has 3 aromatic rings. The fourth-order valence-electron chi connectivity index (χ4n) is 4.83. The lowest BCUT2D eigenvalue weighted by Crippen LogP contribution is -2.57. The van der Waals surface area contributed by atoms with Crippen LogP contribution >= 0.6 is 11.3 Å². The number of carboxylic acids is 2. The molecule has 1 saturated heterocycles. The van der Waals surface area contributed by atoms with Crippen molar-refractivity contribution in [3.63, 3.8) is 0 Å². The number of piperidine rings is 1. The number of hydrogen-bond acceptors (Lipinski definition) is 6. The van der Waals surface area contributed by atoms with Gasteiger partial charge in [0.15, 0.2) is 0 Å². The van der Waals surface area contributed by atoms with Crippen LogP contribution in [0.25, 0.3) is 0 Å². The van der Waals surface area contributed by atoms with Gasteiger partial charge in [0.05, 0.1) is 0 Å². The van der Waals surface area contributed by atoms with Crippen molar-refractivity contribution in [1.82, 2.24) is 9.88 Å². The Labute approximate surface area is 226 Å². The zero-order valence-electron chi connectivity index (χ0n) is 21.8.